The van der Waals surface area contributed by atoms with E-state index < -0.39 is 0 Å². The molecule has 166 valence electrons. The number of esters is 2. The first-order chi connectivity index (χ1) is 14.5. The van der Waals surface area contributed by atoms with Gasteiger partial charge < -0.3 is 18.9 Å². The van der Waals surface area contributed by atoms with Gasteiger partial charge in [-0.3, -0.25) is 9.59 Å². The summed E-state index contributed by atoms with van der Waals surface area (Å²) in [5.41, 5.74) is 1.71. The van der Waals surface area contributed by atoms with Crippen molar-refractivity contribution in [2.75, 3.05) is 27.4 Å². The van der Waals surface area contributed by atoms with E-state index in [0.717, 1.165) is 61.2 Å². The number of rotatable bonds is 16. The number of carbonyl (C=O) groups excluding carboxylic acids is 2. The molecule has 0 heterocycles. The quantitative estimate of drug-likeness (QED) is 0.271. The summed E-state index contributed by atoms with van der Waals surface area (Å²) in [4.78, 5) is 22.2. The van der Waals surface area contributed by atoms with Crippen LogP contribution in [0.1, 0.15) is 62.5 Å². The summed E-state index contributed by atoms with van der Waals surface area (Å²) in [7, 11) is 2.80. The van der Waals surface area contributed by atoms with Gasteiger partial charge in [-0.25, -0.2) is 0 Å². The highest BCUT2D eigenvalue weighted by Gasteiger charge is 2.09. The van der Waals surface area contributed by atoms with Crippen LogP contribution in [-0.4, -0.2) is 39.4 Å². The molecule has 6 nitrogen and oxygen atoms in total. The minimum Gasteiger partial charge on any atom is -0.493 e. The number of hydrogen-bond acceptors (Lipinski definition) is 6. The molecular weight excluding hydrogens is 384 g/mol. The van der Waals surface area contributed by atoms with Crippen molar-refractivity contribution in [1.82, 2.24) is 0 Å². The van der Waals surface area contributed by atoms with E-state index in [1.54, 1.807) is 12.2 Å². The predicted molar refractivity (Wildman–Crippen MR) is 119 cm³/mol. The van der Waals surface area contributed by atoms with Crippen LogP contribution >= 0.6 is 0 Å². The van der Waals surface area contributed by atoms with Crippen molar-refractivity contribution in [3.63, 3.8) is 0 Å². The Morgan fingerprint density at radius 1 is 0.733 bits per heavy atom. The first-order valence-electron chi connectivity index (χ1n) is 10.4. The molecule has 0 saturated carbocycles. The van der Waals surface area contributed by atoms with Crippen molar-refractivity contribution in [1.29, 1.82) is 0 Å². The molecule has 0 fully saturated rings. The fourth-order valence-corrected chi connectivity index (χ4v) is 2.83. The summed E-state index contributed by atoms with van der Waals surface area (Å²) >= 11 is 0. The van der Waals surface area contributed by atoms with Gasteiger partial charge in [0.2, 0.25) is 0 Å². The zero-order chi connectivity index (χ0) is 22.2. The first-order valence-corrected chi connectivity index (χ1v) is 10.4. The normalized spacial score (nSPS) is 10.2. The van der Waals surface area contributed by atoms with E-state index in [0.29, 0.717) is 26.1 Å². The molecule has 0 atom stereocenters. The maximum atomic E-state index is 11.1. The molecule has 0 unspecified atom stereocenters. The molecule has 0 spiro atoms. The van der Waals surface area contributed by atoms with Crippen molar-refractivity contribution in [3.8, 4) is 11.5 Å². The van der Waals surface area contributed by atoms with Gasteiger partial charge in [0.1, 0.15) is 11.5 Å². The molecule has 0 radical (unpaired) electrons. The molecule has 0 saturated heterocycles. The van der Waals surface area contributed by atoms with Crippen molar-refractivity contribution in [2.45, 2.75) is 51.4 Å². The summed E-state index contributed by atoms with van der Waals surface area (Å²) in [6.07, 6.45) is 9.40. The minimum atomic E-state index is -0.181. The zero-order valence-electron chi connectivity index (χ0n) is 18.2. The maximum Gasteiger partial charge on any atom is 0.305 e. The third-order valence-corrected chi connectivity index (χ3v) is 4.60. The Hall–Kier alpha value is -2.76. The van der Waals surface area contributed by atoms with E-state index in [1.165, 1.54) is 14.2 Å². The lowest BCUT2D eigenvalue weighted by molar-refractivity contribution is -0.141. The molecular formula is C24H34O6. The number of hydrogen-bond donors (Lipinski definition) is 0. The van der Waals surface area contributed by atoms with Crippen LogP contribution in [0.25, 0.3) is 12.2 Å². The van der Waals surface area contributed by atoms with Crippen LogP contribution in [0.15, 0.2) is 25.3 Å². The van der Waals surface area contributed by atoms with Gasteiger partial charge in [-0.15, -0.1) is 0 Å². The van der Waals surface area contributed by atoms with Crippen molar-refractivity contribution in [3.05, 3.63) is 36.4 Å². The molecule has 0 N–H and O–H groups in total. The number of benzene rings is 1. The molecule has 0 amide bonds. The van der Waals surface area contributed by atoms with E-state index >= 15 is 0 Å². The molecule has 6 heteroatoms. The topological polar surface area (TPSA) is 71.1 Å². The van der Waals surface area contributed by atoms with Crippen molar-refractivity contribution < 1.29 is 28.5 Å². The summed E-state index contributed by atoms with van der Waals surface area (Å²) in [6, 6.07) is 3.82. The SMILES string of the molecule is C=Cc1cc(OCCCCCC(=O)OC)c(C=C)cc1OCCCCCC(=O)OC. The fourth-order valence-electron chi connectivity index (χ4n) is 2.83. The molecule has 1 rings (SSSR count). The van der Waals surface area contributed by atoms with Crippen molar-refractivity contribution >= 4 is 24.1 Å². The average molecular weight is 419 g/mol. The van der Waals surface area contributed by atoms with Gasteiger partial charge in [0.15, 0.2) is 0 Å². The van der Waals surface area contributed by atoms with Gasteiger partial charge in [-0.1, -0.05) is 25.3 Å². The second-order valence-corrected chi connectivity index (χ2v) is 6.81. The lowest BCUT2D eigenvalue weighted by Gasteiger charge is -2.15. The van der Waals surface area contributed by atoms with Crippen LogP contribution in [-0.2, 0) is 19.1 Å². The van der Waals surface area contributed by atoms with Crippen LogP contribution < -0.4 is 9.47 Å². The lowest BCUT2D eigenvalue weighted by Crippen LogP contribution is -2.04. The summed E-state index contributed by atoms with van der Waals surface area (Å²) in [6.45, 7) is 8.84. The van der Waals surface area contributed by atoms with Gasteiger partial charge in [0.05, 0.1) is 27.4 Å². The third-order valence-electron chi connectivity index (χ3n) is 4.60. The highest BCUT2D eigenvalue weighted by Crippen LogP contribution is 2.31. The van der Waals surface area contributed by atoms with Crippen LogP contribution in [0.5, 0.6) is 11.5 Å². The molecule has 0 aliphatic rings. The molecule has 1 aromatic rings. The fraction of sp³-hybridized carbons (Fsp3) is 0.500. The third kappa shape index (κ3) is 9.63. The second kappa shape index (κ2) is 15.1. The minimum absolute atomic E-state index is 0.181. The van der Waals surface area contributed by atoms with Crippen LogP contribution in [0.3, 0.4) is 0 Å². The zero-order valence-corrected chi connectivity index (χ0v) is 18.2. The highest BCUT2D eigenvalue weighted by atomic mass is 16.5. The smallest absolute Gasteiger partial charge is 0.305 e. The molecule has 30 heavy (non-hydrogen) atoms. The van der Waals surface area contributed by atoms with E-state index in [9.17, 15) is 9.59 Å². The van der Waals surface area contributed by atoms with E-state index in [2.05, 4.69) is 22.6 Å². The Balaban J connectivity index is 2.50. The van der Waals surface area contributed by atoms with Crippen LogP contribution in [0.2, 0.25) is 0 Å². The maximum absolute atomic E-state index is 11.1. The van der Waals surface area contributed by atoms with E-state index in [-0.39, 0.29) is 11.9 Å². The number of ether oxygens (including phenoxy) is 4. The Kier molecular flexibility index (Phi) is 12.7. The Morgan fingerprint density at radius 3 is 1.47 bits per heavy atom. The van der Waals surface area contributed by atoms with Gasteiger partial charge >= 0.3 is 11.9 Å². The summed E-state index contributed by atoms with van der Waals surface area (Å²) < 4.78 is 21.1. The second-order valence-electron chi connectivity index (χ2n) is 6.81. The molecule has 0 aliphatic heterocycles. The highest BCUT2D eigenvalue weighted by molar-refractivity contribution is 5.69. The van der Waals surface area contributed by atoms with Crippen LogP contribution in [0.4, 0.5) is 0 Å². The standard InChI is InChI=1S/C24H34O6/c1-5-19-17-22(30-16-12-8-10-14-24(26)28-4)20(6-2)18-21(19)29-15-11-7-9-13-23(25)27-3/h5-6,17-18H,1-2,7-16H2,3-4H3. The molecule has 1 aromatic carbocycles. The molecule has 0 aliphatic carbocycles. The average Bonchev–Trinajstić information content (AvgIpc) is 2.77. The molecule has 0 bridgehead atoms. The predicted octanol–water partition coefficient (Wildman–Crippen LogP) is 5.20. The largest absolute Gasteiger partial charge is 0.493 e. The first kappa shape index (κ1) is 25.3. The van der Waals surface area contributed by atoms with Gasteiger partial charge in [0.25, 0.3) is 0 Å². The number of methoxy groups -OCH3 is 2. The van der Waals surface area contributed by atoms with Gasteiger partial charge in [-0.2, -0.15) is 0 Å². The molecule has 0 aromatic heterocycles. The lowest BCUT2D eigenvalue weighted by atomic mass is 10.1. The van der Waals surface area contributed by atoms with Crippen LogP contribution in [0, 0.1) is 0 Å². The summed E-state index contributed by atoms with van der Waals surface area (Å²) in [5.74, 6) is 1.11. The number of carbonyl (C=O) groups is 2. The Labute approximate surface area is 179 Å². The van der Waals surface area contributed by atoms with E-state index in [4.69, 9.17) is 9.47 Å². The van der Waals surface area contributed by atoms with E-state index in [1.807, 2.05) is 12.1 Å². The van der Waals surface area contributed by atoms with Gasteiger partial charge in [0, 0.05) is 24.0 Å². The summed E-state index contributed by atoms with van der Waals surface area (Å²) in [5, 5.41) is 0. The number of unbranched alkanes of at least 4 members (excludes halogenated alkanes) is 4. The Bertz CT molecular complexity index is 635. The van der Waals surface area contributed by atoms with Gasteiger partial charge in [-0.05, 0) is 50.7 Å². The van der Waals surface area contributed by atoms with Crippen molar-refractivity contribution in [2.24, 2.45) is 0 Å². The Morgan fingerprint density at radius 2 is 1.13 bits per heavy atom. The monoisotopic (exact) mass is 418 g/mol.